The largest absolute Gasteiger partial charge is 0.497 e. The quantitative estimate of drug-likeness (QED) is 0.744. The van der Waals surface area contributed by atoms with Crippen molar-refractivity contribution < 1.29 is 13.2 Å². The van der Waals surface area contributed by atoms with Gasteiger partial charge in [-0.15, -0.1) is 0 Å². The summed E-state index contributed by atoms with van der Waals surface area (Å²) in [6.07, 6.45) is 2.20. The summed E-state index contributed by atoms with van der Waals surface area (Å²) in [5, 5.41) is 9.33. The van der Waals surface area contributed by atoms with Crippen LogP contribution in [0.3, 0.4) is 0 Å². The van der Waals surface area contributed by atoms with Crippen LogP contribution in [-0.4, -0.2) is 40.1 Å². The highest BCUT2D eigenvalue weighted by atomic mass is 35.5. The third kappa shape index (κ3) is 4.65. The molecule has 0 spiro atoms. The lowest BCUT2D eigenvalue weighted by Crippen LogP contribution is -2.36. The van der Waals surface area contributed by atoms with E-state index in [2.05, 4.69) is 9.62 Å². The zero-order valence-electron chi connectivity index (χ0n) is 15.6. The summed E-state index contributed by atoms with van der Waals surface area (Å²) < 4.78 is 33.4. The lowest BCUT2D eigenvalue weighted by molar-refractivity contribution is 0.246. The molecule has 1 aliphatic rings. The van der Waals surface area contributed by atoms with Crippen LogP contribution < -0.4 is 9.46 Å². The summed E-state index contributed by atoms with van der Waals surface area (Å²) in [7, 11) is -2.15. The first-order valence-electron chi connectivity index (χ1n) is 9.02. The van der Waals surface area contributed by atoms with Crippen molar-refractivity contribution in [1.82, 2.24) is 9.62 Å². The Bertz CT molecular complexity index is 965. The summed E-state index contributed by atoms with van der Waals surface area (Å²) in [6.45, 7) is 2.09. The number of benzene rings is 2. The van der Waals surface area contributed by atoms with E-state index in [1.807, 2.05) is 30.3 Å². The minimum atomic E-state index is -3.77. The molecule has 0 radical (unpaired) electrons. The molecule has 0 bridgehead atoms. The van der Waals surface area contributed by atoms with Crippen molar-refractivity contribution in [2.45, 2.75) is 23.8 Å². The number of nitrogens with one attached hydrogen (secondary N) is 1. The minimum Gasteiger partial charge on any atom is -0.497 e. The molecule has 1 fully saturated rings. The molecule has 6 nitrogen and oxygen atoms in total. The Balaban J connectivity index is 1.81. The van der Waals surface area contributed by atoms with Crippen molar-refractivity contribution in [3.05, 3.63) is 58.6 Å². The van der Waals surface area contributed by atoms with Crippen molar-refractivity contribution in [2.24, 2.45) is 0 Å². The van der Waals surface area contributed by atoms with Crippen molar-refractivity contribution in [2.75, 3.05) is 26.7 Å². The fraction of sp³-hybridized carbons (Fsp3) is 0.350. The van der Waals surface area contributed by atoms with E-state index < -0.39 is 10.0 Å². The standard InChI is InChI=1S/C20H22ClN3O3S/c1-27-17-6-4-15(5-7-17)20(24-10-2-3-11-24)14-23-28(25,26)18-8-9-19(21)16(12-18)13-22/h4-9,12,20,23H,2-3,10-11,14H2,1H3. The predicted molar refractivity (Wildman–Crippen MR) is 108 cm³/mol. The average Bonchev–Trinajstić information content (AvgIpc) is 3.23. The monoisotopic (exact) mass is 419 g/mol. The van der Waals surface area contributed by atoms with Gasteiger partial charge in [-0.3, -0.25) is 4.90 Å². The maximum atomic E-state index is 12.8. The molecule has 1 N–H and O–H groups in total. The van der Waals surface area contributed by atoms with Crippen LogP contribution in [0.25, 0.3) is 0 Å². The van der Waals surface area contributed by atoms with Crippen molar-refractivity contribution in [3.63, 3.8) is 0 Å². The number of hydrogen-bond acceptors (Lipinski definition) is 5. The Kier molecular flexibility index (Phi) is 6.57. The molecule has 2 aromatic rings. The number of rotatable bonds is 7. The molecule has 0 aromatic heterocycles. The SMILES string of the molecule is COc1ccc(C(CNS(=O)(=O)c2ccc(Cl)c(C#N)c2)N2CCCC2)cc1. The highest BCUT2D eigenvalue weighted by molar-refractivity contribution is 7.89. The summed E-state index contributed by atoms with van der Waals surface area (Å²) in [6, 6.07) is 13.6. The zero-order chi connectivity index (χ0) is 20.1. The van der Waals surface area contributed by atoms with Gasteiger partial charge in [0.25, 0.3) is 0 Å². The first-order valence-corrected chi connectivity index (χ1v) is 10.9. The number of ether oxygens (including phenoxy) is 1. The van der Waals surface area contributed by atoms with Crippen LogP contribution in [0.5, 0.6) is 5.75 Å². The van der Waals surface area contributed by atoms with Crippen molar-refractivity contribution in [3.8, 4) is 11.8 Å². The zero-order valence-corrected chi connectivity index (χ0v) is 17.1. The minimum absolute atomic E-state index is 0.0309. The Labute approximate surface area is 170 Å². The molecule has 3 rings (SSSR count). The number of hydrogen-bond donors (Lipinski definition) is 1. The Hall–Kier alpha value is -2.11. The predicted octanol–water partition coefficient (Wildman–Crippen LogP) is 3.34. The van der Waals surface area contributed by atoms with Gasteiger partial charge in [0, 0.05) is 12.6 Å². The van der Waals surface area contributed by atoms with Gasteiger partial charge in [0.05, 0.1) is 22.6 Å². The fourth-order valence-electron chi connectivity index (χ4n) is 3.37. The molecule has 0 saturated carbocycles. The topological polar surface area (TPSA) is 82.4 Å². The Morgan fingerprint density at radius 1 is 1.21 bits per heavy atom. The van der Waals surface area contributed by atoms with Gasteiger partial charge >= 0.3 is 0 Å². The highest BCUT2D eigenvalue weighted by Gasteiger charge is 2.26. The van der Waals surface area contributed by atoms with Gasteiger partial charge in [0.1, 0.15) is 11.8 Å². The summed E-state index contributed by atoms with van der Waals surface area (Å²) in [5.74, 6) is 0.759. The Morgan fingerprint density at radius 2 is 1.89 bits per heavy atom. The molecule has 28 heavy (non-hydrogen) atoms. The van der Waals surface area contributed by atoms with Crippen LogP contribution in [0.15, 0.2) is 47.4 Å². The van der Waals surface area contributed by atoms with Crippen LogP contribution in [-0.2, 0) is 10.0 Å². The van der Waals surface area contributed by atoms with Gasteiger partial charge < -0.3 is 4.74 Å². The average molecular weight is 420 g/mol. The second kappa shape index (κ2) is 8.93. The molecule has 8 heteroatoms. The van der Waals surface area contributed by atoms with Gasteiger partial charge in [0.15, 0.2) is 0 Å². The summed E-state index contributed by atoms with van der Waals surface area (Å²) >= 11 is 5.91. The van der Waals surface area contributed by atoms with Crippen LogP contribution in [0.4, 0.5) is 0 Å². The molecule has 1 saturated heterocycles. The molecular formula is C20H22ClN3O3S. The molecule has 1 heterocycles. The van der Waals surface area contributed by atoms with Gasteiger partial charge in [-0.25, -0.2) is 13.1 Å². The first-order chi connectivity index (χ1) is 13.4. The molecule has 0 amide bonds. The van der Waals surface area contributed by atoms with E-state index in [4.69, 9.17) is 21.6 Å². The van der Waals surface area contributed by atoms with E-state index in [0.717, 1.165) is 37.2 Å². The van der Waals surface area contributed by atoms with Gasteiger partial charge in [-0.2, -0.15) is 5.26 Å². The van der Waals surface area contributed by atoms with E-state index in [9.17, 15) is 8.42 Å². The van der Waals surface area contributed by atoms with Crippen LogP contribution in [0.1, 0.15) is 30.0 Å². The number of sulfonamides is 1. The highest BCUT2D eigenvalue weighted by Crippen LogP contribution is 2.27. The maximum Gasteiger partial charge on any atom is 0.240 e. The lowest BCUT2D eigenvalue weighted by atomic mass is 10.1. The van der Waals surface area contributed by atoms with Gasteiger partial charge in [-0.05, 0) is 61.8 Å². The van der Waals surface area contributed by atoms with E-state index in [-0.39, 0.29) is 28.1 Å². The number of likely N-dealkylation sites (tertiary alicyclic amines) is 1. The second-order valence-corrected chi connectivity index (χ2v) is 8.81. The molecule has 1 unspecified atom stereocenters. The maximum absolute atomic E-state index is 12.8. The number of nitriles is 1. The molecule has 1 atom stereocenters. The van der Waals surface area contributed by atoms with E-state index in [0.29, 0.717) is 0 Å². The van der Waals surface area contributed by atoms with E-state index in [1.165, 1.54) is 18.2 Å². The molecular weight excluding hydrogens is 398 g/mol. The van der Waals surface area contributed by atoms with Gasteiger partial charge in [-0.1, -0.05) is 23.7 Å². The third-order valence-corrected chi connectivity index (χ3v) is 6.67. The van der Waals surface area contributed by atoms with Crippen LogP contribution >= 0.6 is 11.6 Å². The van der Waals surface area contributed by atoms with Crippen LogP contribution in [0.2, 0.25) is 5.02 Å². The molecule has 2 aromatic carbocycles. The smallest absolute Gasteiger partial charge is 0.240 e. The van der Waals surface area contributed by atoms with Crippen molar-refractivity contribution >= 4 is 21.6 Å². The lowest BCUT2D eigenvalue weighted by Gasteiger charge is -2.28. The molecule has 0 aliphatic carbocycles. The number of halogens is 1. The third-order valence-electron chi connectivity index (χ3n) is 4.92. The molecule has 148 valence electrons. The van der Waals surface area contributed by atoms with Crippen LogP contribution in [0, 0.1) is 11.3 Å². The van der Waals surface area contributed by atoms with E-state index in [1.54, 1.807) is 7.11 Å². The normalized spacial score (nSPS) is 15.9. The first kappa shape index (κ1) is 20.6. The van der Waals surface area contributed by atoms with Crippen molar-refractivity contribution in [1.29, 1.82) is 5.26 Å². The summed E-state index contributed by atoms with van der Waals surface area (Å²) in [4.78, 5) is 2.32. The number of nitrogens with zero attached hydrogens (tertiary/aromatic N) is 2. The summed E-state index contributed by atoms with van der Waals surface area (Å²) in [5.41, 5.74) is 1.16. The molecule has 1 aliphatic heterocycles. The Morgan fingerprint density at radius 3 is 2.50 bits per heavy atom. The van der Waals surface area contributed by atoms with Gasteiger partial charge in [0.2, 0.25) is 10.0 Å². The van der Waals surface area contributed by atoms with E-state index >= 15 is 0 Å². The fourth-order valence-corrected chi connectivity index (χ4v) is 4.59. The number of methoxy groups -OCH3 is 1. The second-order valence-electron chi connectivity index (χ2n) is 6.64.